The third kappa shape index (κ3) is 10.1. The molecule has 7 heteroatoms. The number of thioether (sulfide) groups is 1. The van der Waals surface area contributed by atoms with Crippen molar-refractivity contribution in [2.45, 2.75) is 51.4 Å². The highest BCUT2D eigenvalue weighted by Gasteiger charge is 2.17. The lowest BCUT2D eigenvalue weighted by Crippen LogP contribution is -2.43. The van der Waals surface area contributed by atoms with Gasteiger partial charge in [-0.15, -0.1) is 0 Å². The van der Waals surface area contributed by atoms with Gasteiger partial charge in [0.1, 0.15) is 5.60 Å². The van der Waals surface area contributed by atoms with Crippen LogP contribution in [0.1, 0.15) is 40.2 Å². The molecule has 1 aromatic carbocycles. The van der Waals surface area contributed by atoms with E-state index in [4.69, 9.17) is 4.74 Å². The summed E-state index contributed by atoms with van der Waals surface area (Å²) in [6.45, 7) is 11.5. The van der Waals surface area contributed by atoms with E-state index in [0.29, 0.717) is 0 Å². The zero-order chi connectivity index (χ0) is 20.5. The second kappa shape index (κ2) is 10.4. The Morgan fingerprint density at radius 3 is 2.26 bits per heavy atom. The zero-order valence-electron chi connectivity index (χ0n) is 17.6. The second-order valence-electron chi connectivity index (χ2n) is 7.89. The number of carbonyl (C=O) groups excluding carboxylic acids is 1. The highest BCUT2D eigenvalue weighted by Crippen LogP contribution is 2.19. The minimum atomic E-state index is -0.507. The molecule has 0 unspecified atom stereocenters. The van der Waals surface area contributed by atoms with Gasteiger partial charge >= 0.3 is 6.09 Å². The van der Waals surface area contributed by atoms with E-state index < -0.39 is 11.7 Å². The number of anilines is 1. The van der Waals surface area contributed by atoms with Crippen LogP contribution in [-0.4, -0.2) is 48.8 Å². The van der Waals surface area contributed by atoms with E-state index in [9.17, 15) is 4.79 Å². The first kappa shape index (κ1) is 23.1. The van der Waals surface area contributed by atoms with Crippen molar-refractivity contribution in [3.8, 4) is 0 Å². The number of carbonyl (C=O) groups is 1. The lowest BCUT2D eigenvalue weighted by molar-refractivity contribution is 0.0636. The van der Waals surface area contributed by atoms with Crippen molar-refractivity contribution >= 4 is 29.5 Å². The fourth-order valence-electron chi connectivity index (χ4n) is 2.09. The smallest absolute Gasteiger partial charge is 0.412 e. The summed E-state index contributed by atoms with van der Waals surface area (Å²) >= 11 is 1.82. The molecule has 0 radical (unpaired) electrons. The van der Waals surface area contributed by atoms with Crippen molar-refractivity contribution in [2.24, 2.45) is 4.99 Å². The van der Waals surface area contributed by atoms with Gasteiger partial charge in [0.15, 0.2) is 5.96 Å². The maximum absolute atomic E-state index is 11.8. The van der Waals surface area contributed by atoms with E-state index in [1.54, 1.807) is 7.05 Å². The molecule has 0 aliphatic carbocycles. The summed E-state index contributed by atoms with van der Waals surface area (Å²) < 4.78 is 5.41. The Bertz CT molecular complexity index is 622. The number of benzene rings is 1. The normalized spacial score (nSPS) is 12.5. The minimum Gasteiger partial charge on any atom is -0.444 e. The van der Waals surface area contributed by atoms with E-state index in [1.165, 1.54) is 5.56 Å². The van der Waals surface area contributed by atoms with Crippen molar-refractivity contribution < 1.29 is 9.53 Å². The lowest BCUT2D eigenvalue weighted by atomic mass is 10.1. The molecule has 27 heavy (non-hydrogen) atoms. The fourth-order valence-corrected chi connectivity index (χ4v) is 2.31. The number of nitrogens with zero attached hydrogens (tertiary/aromatic N) is 1. The number of hydrogen-bond donors (Lipinski definition) is 3. The molecule has 0 spiro atoms. The van der Waals surface area contributed by atoms with Crippen LogP contribution in [0.25, 0.3) is 0 Å². The number of ether oxygens (including phenoxy) is 1. The van der Waals surface area contributed by atoms with Crippen LogP contribution in [0.4, 0.5) is 10.5 Å². The topological polar surface area (TPSA) is 74.8 Å². The summed E-state index contributed by atoms with van der Waals surface area (Å²) in [6, 6.07) is 7.77. The average Bonchev–Trinajstić information content (AvgIpc) is 2.57. The molecule has 3 N–H and O–H groups in total. The van der Waals surface area contributed by atoms with E-state index in [1.807, 2.05) is 56.8 Å². The van der Waals surface area contributed by atoms with Crippen LogP contribution in [0.15, 0.2) is 29.3 Å². The van der Waals surface area contributed by atoms with Gasteiger partial charge in [0, 0.05) is 30.6 Å². The van der Waals surface area contributed by atoms with E-state index in [2.05, 4.69) is 41.0 Å². The molecule has 0 aromatic heterocycles. The SMILES string of the molecule is CN=C(NCCc1ccc(NC(=O)OC(C)(C)C)cc1)NCC(C)(C)SC. The molecule has 0 fully saturated rings. The Hall–Kier alpha value is -1.89. The number of rotatable bonds is 7. The van der Waals surface area contributed by atoms with Crippen molar-refractivity contribution in [1.82, 2.24) is 10.6 Å². The first-order chi connectivity index (χ1) is 12.5. The first-order valence-electron chi connectivity index (χ1n) is 9.13. The Kier molecular flexibility index (Phi) is 8.96. The number of amides is 1. The summed E-state index contributed by atoms with van der Waals surface area (Å²) in [5.74, 6) is 0.806. The van der Waals surface area contributed by atoms with Gasteiger partial charge in [0.25, 0.3) is 0 Å². The maximum atomic E-state index is 11.8. The molecule has 0 aliphatic rings. The van der Waals surface area contributed by atoms with Crippen LogP contribution < -0.4 is 16.0 Å². The molecular formula is C20H34N4O2S. The average molecular weight is 395 g/mol. The monoisotopic (exact) mass is 394 g/mol. The van der Waals surface area contributed by atoms with Crippen LogP contribution in [0.5, 0.6) is 0 Å². The number of guanidine groups is 1. The Morgan fingerprint density at radius 2 is 1.74 bits per heavy atom. The van der Waals surface area contributed by atoms with Gasteiger partial charge in [-0.2, -0.15) is 11.8 Å². The highest BCUT2D eigenvalue weighted by molar-refractivity contribution is 7.99. The van der Waals surface area contributed by atoms with Crippen LogP contribution in [0, 0.1) is 0 Å². The van der Waals surface area contributed by atoms with E-state index in [-0.39, 0.29) is 4.75 Å². The molecule has 0 atom stereocenters. The van der Waals surface area contributed by atoms with Gasteiger partial charge in [0.2, 0.25) is 0 Å². The van der Waals surface area contributed by atoms with Gasteiger partial charge in [-0.3, -0.25) is 10.3 Å². The number of hydrogen-bond acceptors (Lipinski definition) is 4. The van der Waals surface area contributed by atoms with Crippen molar-refractivity contribution in [3.05, 3.63) is 29.8 Å². The van der Waals surface area contributed by atoms with Gasteiger partial charge in [-0.05, 0) is 65.0 Å². The quantitative estimate of drug-likeness (QED) is 0.483. The molecule has 1 aromatic rings. The molecular weight excluding hydrogens is 360 g/mol. The zero-order valence-corrected chi connectivity index (χ0v) is 18.4. The summed E-state index contributed by atoms with van der Waals surface area (Å²) in [5.41, 5.74) is 1.39. The molecule has 0 heterocycles. The lowest BCUT2D eigenvalue weighted by Gasteiger charge is -2.23. The second-order valence-corrected chi connectivity index (χ2v) is 9.40. The van der Waals surface area contributed by atoms with E-state index >= 15 is 0 Å². The highest BCUT2D eigenvalue weighted by atomic mass is 32.2. The van der Waals surface area contributed by atoms with Gasteiger partial charge in [-0.1, -0.05) is 12.1 Å². The minimum absolute atomic E-state index is 0.161. The number of nitrogens with one attached hydrogen (secondary N) is 3. The molecule has 1 amide bonds. The van der Waals surface area contributed by atoms with Crippen LogP contribution in [-0.2, 0) is 11.2 Å². The fraction of sp³-hybridized carbons (Fsp3) is 0.600. The summed E-state index contributed by atoms with van der Waals surface area (Å²) in [4.78, 5) is 16.0. The largest absolute Gasteiger partial charge is 0.444 e. The van der Waals surface area contributed by atoms with Gasteiger partial charge in [-0.25, -0.2) is 4.79 Å². The Labute approximate surface area is 167 Å². The number of aliphatic imine (C=N–C) groups is 1. The molecule has 0 aliphatic heterocycles. The molecule has 6 nitrogen and oxygen atoms in total. The predicted octanol–water partition coefficient (Wildman–Crippen LogP) is 3.88. The summed E-state index contributed by atoms with van der Waals surface area (Å²) in [6.07, 6.45) is 2.53. The molecule has 0 bridgehead atoms. The molecule has 1 rings (SSSR count). The molecule has 0 saturated heterocycles. The molecule has 0 saturated carbocycles. The van der Waals surface area contributed by atoms with Crippen molar-refractivity contribution in [1.29, 1.82) is 0 Å². The van der Waals surface area contributed by atoms with E-state index in [0.717, 1.165) is 31.2 Å². The van der Waals surface area contributed by atoms with Crippen LogP contribution >= 0.6 is 11.8 Å². The van der Waals surface area contributed by atoms with Crippen molar-refractivity contribution in [2.75, 3.05) is 31.7 Å². The standard InChI is InChI=1S/C20H34N4O2S/c1-19(2,3)26-18(25)24-16-10-8-15(9-11-16)12-13-22-17(21-6)23-14-20(4,5)27-7/h8-11H,12-14H2,1-7H3,(H,24,25)(H2,21,22,23). The molecule has 152 valence electrons. The van der Waals surface area contributed by atoms with Gasteiger partial charge in [0.05, 0.1) is 0 Å². The van der Waals surface area contributed by atoms with Crippen molar-refractivity contribution in [3.63, 3.8) is 0 Å². The van der Waals surface area contributed by atoms with Gasteiger partial charge < -0.3 is 15.4 Å². The summed E-state index contributed by atoms with van der Waals surface area (Å²) in [7, 11) is 1.78. The third-order valence-corrected chi connectivity index (χ3v) is 5.01. The Morgan fingerprint density at radius 1 is 1.11 bits per heavy atom. The predicted molar refractivity (Wildman–Crippen MR) is 117 cm³/mol. The Balaban J connectivity index is 2.42. The van der Waals surface area contributed by atoms with Crippen LogP contribution in [0.3, 0.4) is 0 Å². The summed E-state index contributed by atoms with van der Waals surface area (Å²) in [5, 5.41) is 9.42. The van der Waals surface area contributed by atoms with Crippen LogP contribution in [0.2, 0.25) is 0 Å². The first-order valence-corrected chi connectivity index (χ1v) is 10.4. The maximum Gasteiger partial charge on any atom is 0.412 e. The third-order valence-electron chi connectivity index (χ3n) is 3.76.